The normalized spacial score (nSPS) is 16.5. The first-order valence-electron chi connectivity index (χ1n) is 9.31. The molecule has 2 rings (SSSR count). The Kier molecular flexibility index (Phi) is 7.69. The van der Waals surface area contributed by atoms with Gasteiger partial charge >= 0.3 is 12.0 Å². The Balaban J connectivity index is 2.27. The minimum absolute atomic E-state index is 0.275. The van der Waals surface area contributed by atoms with Crippen molar-refractivity contribution in [2.24, 2.45) is 0 Å². The number of likely N-dealkylation sites (N-methyl/N-ethyl adjacent to an activating group) is 1. The molecular weight excluding hydrogens is 362 g/mol. The summed E-state index contributed by atoms with van der Waals surface area (Å²) in [4.78, 5) is 26.5. The molecule has 1 aromatic carbocycles. The Bertz CT molecular complexity index is 747. The van der Waals surface area contributed by atoms with E-state index in [9.17, 15) is 9.59 Å². The summed E-state index contributed by atoms with van der Waals surface area (Å²) in [5.74, 6) is 0.905. The van der Waals surface area contributed by atoms with Crippen molar-refractivity contribution in [3.8, 4) is 11.5 Å². The molecule has 0 aromatic heterocycles. The number of methoxy groups -OCH3 is 2. The van der Waals surface area contributed by atoms with Crippen LogP contribution in [-0.2, 0) is 16.1 Å². The fourth-order valence-corrected chi connectivity index (χ4v) is 3.28. The van der Waals surface area contributed by atoms with E-state index in [2.05, 4.69) is 10.6 Å². The third-order valence-electron chi connectivity index (χ3n) is 4.50. The first kappa shape index (κ1) is 21.6. The summed E-state index contributed by atoms with van der Waals surface area (Å²) in [7, 11) is 5.10. The quantitative estimate of drug-likeness (QED) is 0.627. The predicted octanol–water partition coefficient (Wildman–Crippen LogP) is 2.04. The van der Waals surface area contributed by atoms with Crippen molar-refractivity contribution in [1.29, 1.82) is 0 Å². The van der Waals surface area contributed by atoms with Gasteiger partial charge in [-0.05, 0) is 26.5 Å². The molecule has 154 valence electrons. The van der Waals surface area contributed by atoms with Crippen LogP contribution in [0.25, 0.3) is 0 Å². The van der Waals surface area contributed by atoms with Crippen LogP contribution in [0.1, 0.15) is 25.8 Å². The number of benzene rings is 1. The summed E-state index contributed by atoms with van der Waals surface area (Å²) in [5, 5.41) is 5.55. The van der Waals surface area contributed by atoms with E-state index < -0.39 is 5.97 Å². The molecule has 0 spiro atoms. The number of para-hydroxylation sites is 1. The van der Waals surface area contributed by atoms with Crippen molar-refractivity contribution >= 4 is 12.0 Å². The molecule has 0 bridgehead atoms. The number of carbonyl (C=O) groups excluding carboxylic acids is 2. The van der Waals surface area contributed by atoms with Gasteiger partial charge in [-0.1, -0.05) is 19.1 Å². The molecule has 1 aliphatic heterocycles. The lowest BCUT2D eigenvalue weighted by atomic mass is 10.00. The van der Waals surface area contributed by atoms with E-state index in [0.29, 0.717) is 42.3 Å². The van der Waals surface area contributed by atoms with E-state index in [-0.39, 0.29) is 18.7 Å². The predicted molar refractivity (Wildman–Crippen MR) is 105 cm³/mol. The van der Waals surface area contributed by atoms with Gasteiger partial charge in [0.25, 0.3) is 0 Å². The molecule has 0 radical (unpaired) electrons. The fourth-order valence-electron chi connectivity index (χ4n) is 3.28. The summed E-state index contributed by atoms with van der Waals surface area (Å²) in [6, 6.07) is 4.99. The molecule has 2 N–H and O–H groups in total. The zero-order chi connectivity index (χ0) is 20.7. The Hall–Kier alpha value is -2.74. The summed E-state index contributed by atoms with van der Waals surface area (Å²) >= 11 is 0. The van der Waals surface area contributed by atoms with Crippen LogP contribution in [0.2, 0.25) is 0 Å². The van der Waals surface area contributed by atoms with Gasteiger partial charge in [0.15, 0.2) is 11.5 Å². The largest absolute Gasteiger partial charge is 0.493 e. The number of rotatable bonds is 9. The van der Waals surface area contributed by atoms with Gasteiger partial charge < -0.3 is 24.8 Å². The molecule has 1 aliphatic rings. The van der Waals surface area contributed by atoms with Crippen LogP contribution in [0.4, 0.5) is 4.79 Å². The van der Waals surface area contributed by atoms with Crippen molar-refractivity contribution in [2.45, 2.75) is 32.9 Å². The van der Waals surface area contributed by atoms with Gasteiger partial charge in [0.1, 0.15) is 0 Å². The summed E-state index contributed by atoms with van der Waals surface area (Å²) < 4.78 is 16.0. The lowest BCUT2D eigenvalue weighted by molar-refractivity contribution is -0.139. The zero-order valence-electron chi connectivity index (χ0n) is 17.1. The maximum Gasteiger partial charge on any atom is 0.337 e. The van der Waals surface area contributed by atoms with Gasteiger partial charge in [0.2, 0.25) is 0 Å². The summed E-state index contributed by atoms with van der Waals surface area (Å²) in [5.41, 5.74) is 1.96. The maximum absolute atomic E-state index is 12.5. The second-order valence-corrected chi connectivity index (χ2v) is 6.50. The van der Waals surface area contributed by atoms with Crippen molar-refractivity contribution in [1.82, 2.24) is 15.5 Å². The first-order chi connectivity index (χ1) is 13.4. The second-order valence-electron chi connectivity index (χ2n) is 6.50. The van der Waals surface area contributed by atoms with Gasteiger partial charge in [0, 0.05) is 24.4 Å². The number of amides is 2. The molecule has 0 fully saturated rings. The fraction of sp³-hybridized carbons (Fsp3) is 0.500. The number of hydrogen-bond acceptors (Lipinski definition) is 6. The van der Waals surface area contributed by atoms with Crippen molar-refractivity contribution in [2.75, 3.05) is 34.4 Å². The van der Waals surface area contributed by atoms with Gasteiger partial charge in [-0.25, -0.2) is 9.59 Å². The van der Waals surface area contributed by atoms with E-state index >= 15 is 0 Å². The zero-order valence-corrected chi connectivity index (χ0v) is 17.1. The molecule has 2 amide bonds. The molecule has 0 unspecified atom stereocenters. The number of nitrogens with zero attached hydrogens (tertiary/aromatic N) is 1. The van der Waals surface area contributed by atoms with E-state index in [1.165, 1.54) is 0 Å². The van der Waals surface area contributed by atoms with E-state index in [1.54, 1.807) is 21.1 Å². The summed E-state index contributed by atoms with van der Waals surface area (Å²) in [6.45, 7) is 4.86. The molecule has 8 nitrogen and oxygen atoms in total. The number of nitrogens with one attached hydrogen (secondary N) is 2. The number of urea groups is 1. The second kappa shape index (κ2) is 9.98. The van der Waals surface area contributed by atoms with Crippen LogP contribution in [0.3, 0.4) is 0 Å². The maximum atomic E-state index is 12.5. The highest BCUT2D eigenvalue weighted by Gasteiger charge is 2.31. The van der Waals surface area contributed by atoms with E-state index in [0.717, 1.165) is 5.56 Å². The van der Waals surface area contributed by atoms with Crippen molar-refractivity contribution in [3.63, 3.8) is 0 Å². The van der Waals surface area contributed by atoms with Crippen LogP contribution >= 0.6 is 0 Å². The topological polar surface area (TPSA) is 89.1 Å². The number of carbonyl (C=O) groups is 2. The average Bonchev–Trinajstić information content (AvgIpc) is 2.67. The van der Waals surface area contributed by atoms with Crippen LogP contribution in [0, 0.1) is 0 Å². The third kappa shape index (κ3) is 4.95. The lowest BCUT2D eigenvalue weighted by Crippen LogP contribution is -2.51. The van der Waals surface area contributed by atoms with Gasteiger partial charge in [-0.3, -0.25) is 4.90 Å². The number of ether oxygens (including phenoxy) is 3. The molecule has 28 heavy (non-hydrogen) atoms. The lowest BCUT2D eigenvalue weighted by Gasteiger charge is -2.30. The van der Waals surface area contributed by atoms with E-state index in [4.69, 9.17) is 14.2 Å². The Morgan fingerprint density at radius 1 is 1.18 bits per heavy atom. The molecule has 0 aliphatic carbocycles. The molecule has 1 atom stereocenters. The minimum atomic E-state index is -0.413. The summed E-state index contributed by atoms with van der Waals surface area (Å²) in [6.07, 6.45) is 0.596. The smallest absolute Gasteiger partial charge is 0.337 e. The van der Waals surface area contributed by atoms with Crippen LogP contribution < -0.4 is 20.1 Å². The highest BCUT2D eigenvalue weighted by Crippen LogP contribution is 2.31. The number of hydrogen-bond donors (Lipinski definition) is 2. The Morgan fingerprint density at radius 2 is 1.93 bits per heavy atom. The molecule has 1 aromatic rings. The molecule has 8 heteroatoms. The average molecular weight is 391 g/mol. The van der Waals surface area contributed by atoms with Crippen LogP contribution in [-0.4, -0.2) is 57.4 Å². The van der Waals surface area contributed by atoms with Crippen LogP contribution in [0.5, 0.6) is 11.5 Å². The van der Waals surface area contributed by atoms with Crippen LogP contribution in [0.15, 0.2) is 29.5 Å². The van der Waals surface area contributed by atoms with Gasteiger partial charge in [-0.15, -0.1) is 0 Å². The van der Waals surface area contributed by atoms with Crippen molar-refractivity contribution in [3.05, 3.63) is 35.0 Å². The molecule has 1 heterocycles. The van der Waals surface area contributed by atoms with Gasteiger partial charge in [0.05, 0.1) is 32.4 Å². The highest BCUT2D eigenvalue weighted by atomic mass is 16.5. The molecular formula is C20H29N3O5. The monoisotopic (exact) mass is 391 g/mol. The standard InChI is InChI=1S/C20H29N3O5/c1-6-14-17(19(24)28-7-2)15(22-20(25)21-14)12-23(3)11-13-9-8-10-16(26-4)18(13)27-5/h8-10,14H,6-7,11-12H2,1-5H3,(H2,21,22,25)/t14-/m1/s1. The van der Waals surface area contributed by atoms with Gasteiger partial charge in [-0.2, -0.15) is 0 Å². The Morgan fingerprint density at radius 3 is 2.54 bits per heavy atom. The highest BCUT2D eigenvalue weighted by molar-refractivity contribution is 5.94. The van der Waals surface area contributed by atoms with Crippen molar-refractivity contribution < 1.29 is 23.8 Å². The number of esters is 1. The van der Waals surface area contributed by atoms with E-state index in [1.807, 2.05) is 37.1 Å². The molecule has 0 saturated carbocycles. The minimum Gasteiger partial charge on any atom is -0.493 e. The molecule has 0 saturated heterocycles. The third-order valence-corrected chi connectivity index (χ3v) is 4.50. The Labute approximate surface area is 165 Å². The SMILES string of the molecule is CCOC(=O)C1=C(CN(C)Cc2cccc(OC)c2OC)NC(=O)N[C@@H]1CC. The first-order valence-corrected chi connectivity index (χ1v) is 9.31.